The molecule has 6 rings (SSSR count). The molecule has 0 atom stereocenters. The van der Waals surface area contributed by atoms with E-state index in [1.54, 1.807) is 22.5 Å². The summed E-state index contributed by atoms with van der Waals surface area (Å²) in [5, 5.41) is 11.7. The average molecular weight is 538 g/mol. The Morgan fingerprint density at radius 3 is 2.42 bits per heavy atom. The molecule has 0 spiro atoms. The first-order valence-electron chi connectivity index (χ1n) is 13.2. The highest BCUT2D eigenvalue weighted by Gasteiger charge is 2.20. The number of pyridine rings is 3. The number of nitrogens with one attached hydrogen (secondary N) is 1. The summed E-state index contributed by atoms with van der Waals surface area (Å²) >= 11 is 0. The maximum Gasteiger partial charge on any atom is 0.221 e. The van der Waals surface area contributed by atoms with Crippen LogP contribution in [0.5, 0.6) is 5.88 Å². The predicted molar refractivity (Wildman–Crippen MR) is 153 cm³/mol. The van der Waals surface area contributed by atoms with Crippen molar-refractivity contribution in [1.82, 2.24) is 34.3 Å². The summed E-state index contributed by atoms with van der Waals surface area (Å²) in [5.41, 5.74) is 6.48. The number of hydrogen-bond acceptors (Lipinski definition) is 8. The molecule has 1 saturated heterocycles. The third-order valence-electron chi connectivity index (χ3n) is 7.13. The van der Waals surface area contributed by atoms with E-state index < -0.39 is 0 Å². The average Bonchev–Trinajstić information content (AvgIpc) is 3.59. The number of carbonyl (C=O) groups is 1. The lowest BCUT2D eigenvalue weighted by Gasteiger charge is -2.35. The molecule has 0 bridgehead atoms. The van der Waals surface area contributed by atoms with Crippen molar-refractivity contribution in [3.8, 4) is 28.1 Å². The summed E-state index contributed by atoms with van der Waals surface area (Å²) in [7, 11) is 3.52. The maximum absolute atomic E-state index is 11.9. The number of anilines is 2. The van der Waals surface area contributed by atoms with Gasteiger partial charge < -0.3 is 15.0 Å². The van der Waals surface area contributed by atoms with Crippen molar-refractivity contribution in [3.05, 3.63) is 73.1 Å². The Hall–Kier alpha value is -4.77. The van der Waals surface area contributed by atoms with Gasteiger partial charge in [0.1, 0.15) is 5.82 Å². The van der Waals surface area contributed by atoms with Crippen molar-refractivity contribution in [3.63, 3.8) is 0 Å². The van der Waals surface area contributed by atoms with Crippen molar-refractivity contribution in [2.75, 3.05) is 43.5 Å². The van der Waals surface area contributed by atoms with Crippen LogP contribution in [0.1, 0.15) is 12.5 Å². The van der Waals surface area contributed by atoms with E-state index in [0.717, 1.165) is 66.3 Å². The number of ether oxygens (including phenoxy) is 1. The number of aryl methyl sites for hydroxylation is 1. The van der Waals surface area contributed by atoms with Crippen molar-refractivity contribution in [1.29, 1.82) is 0 Å². The highest BCUT2D eigenvalue weighted by Crippen LogP contribution is 2.34. The van der Waals surface area contributed by atoms with E-state index in [4.69, 9.17) is 9.72 Å². The molecule has 1 N–H and O–H groups in total. The molecule has 0 saturated carbocycles. The Bertz CT molecular complexity index is 1630. The highest BCUT2D eigenvalue weighted by atomic mass is 16.5. The summed E-state index contributed by atoms with van der Waals surface area (Å²) in [4.78, 5) is 25.8. The largest absolute Gasteiger partial charge is 0.481 e. The van der Waals surface area contributed by atoms with Gasteiger partial charge in [0.25, 0.3) is 0 Å². The van der Waals surface area contributed by atoms with Crippen molar-refractivity contribution in [2.24, 2.45) is 7.05 Å². The number of hydrogen-bond donors (Lipinski definition) is 1. The quantitative estimate of drug-likeness (QED) is 0.336. The SMILES string of the molecule is COc1ccc(CN2CCN(c3ccc(-c4cc(-c5cnn(C)c5)cn5ncc(NC(C)=O)c45)cn3)CC2)cn1. The van der Waals surface area contributed by atoms with Gasteiger partial charge in [0.15, 0.2) is 0 Å². The second-order valence-corrected chi connectivity index (χ2v) is 9.95. The summed E-state index contributed by atoms with van der Waals surface area (Å²) in [6.07, 6.45) is 11.2. The molecular formula is C29H31N9O2. The Kier molecular flexibility index (Phi) is 6.87. The van der Waals surface area contributed by atoms with E-state index in [9.17, 15) is 4.79 Å². The predicted octanol–water partition coefficient (Wildman–Crippen LogP) is 3.48. The topological polar surface area (TPSA) is 106 Å². The van der Waals surface area contributed by atoms with Gasteiger partial charge in [-0.3, -0.25) is 14.4 Å². The molecule has 0 unspecified atom stereocenters. The van der Waals surface area contributed by atoms with Crippen molar-refractivity contribution < 1.29 is 9.53 Å². The van der Waals surface area contributed by atoms with Crippen LogP contribution in [0.4, 0.5) is 11.5 Å². The van der Waals surface area contributed by atoms with E-state index in [0.29, 0.717) is 11.6 Å². The van der Waals surface area contributed by atoms with Gasteiger partial charge in [-0.15, -0.1) is 0 Å². The Balaban J connectivity index is 1.22. The smallest absolute Gasteiger partial charge is 0.221 e. The van der Waals surface area contributed by atoms with Gasteiger partial charge >= 0.3 is 0 Å². The first-order chi connectivity index (χ1) is 19.5. The van der Waals surface area contributed by atoms with Crippen LogP contribution in [0.25, 0.3) is 27.8 Å². The zero-order chi connectivity index (χ0) is 27.6. The van der Waals surface area contributed by atoms with E-state index in [2.05, 4.69) is 54.6 Å². The molecule has 0 aromatic carbocycles. The zero-order valence-electron chi connectivity index (χ0n) is 22.8. The fraction of sp³-hybridized carbons (Fsp3) is 0.276. The molecule has 40 heavy (non-hydrogen) atoms. The fourth-order valence-electron chi connectivity index (χ4n) is 5.10. The maximum atomic E-state index is 11.9. The zero-order valence-corrected chi connectivity index (χ0v) is 22.8. The minimum Gasteiger partial charge on any atom is -0.481 e. The van der Waals surface area contributed by atoms with Crippen LogP contribution in [0, 0.1) is 0 Å². The van der Waals surface area contributed by atoms with Gasteiger partial charge in [0.2, 0.25) is 11.8 Å². The molecule has 0 radical (unpaired) electrons. The lowest BCUT2D eigenvalue weighted by Crippen LogP contribution is -2.46. The second kappa shape index (κ2) is 10.8. The molecule has 5 aromatic rings. The fourth-order valence-corrected chi connectivity index (χ4v) is 5.10. The van der Waals surface area contributed by atoms with E-state index in [1.807, 2.05) is 44.1 Å². The molecule has 1 aliphatic heterocycles. The number of nitrogens with zero attached hydrogens (tertiary/aromatic N) is 8. The molecule has 204 valence electrons. The first kappa shape index (κ1) is 25.5. The van der Waals surface area contributed by atoms with E-state index >= 15 is 0 Å². The number of aromatic nitrogens is 6. The van der Waals surface area contributed by atoms with E-state index in [-0.39, 0.29) is 5.91 Å². The van der Waals surface area contributed by atoms with Crippen LogP contribution in [0.15, 0.2) is 67.5 Å². The molecule has 11 heteroatoms. The molecule has 6 heterocycles. The van der Waals surface area contributed by atoms with Crippen LogP contribution < -0.4 is 15.0 Å². The standard InChI is InChI=1S/C29H31N9O2/c1-20(39)34-26-16-33-38-19-23(24-15-32-35(2)18-24)12-25(29(26)38)22-5-6-27(30-14-22)37-10-8-36(9-11-37)17-21-4-7-28(40-3)31-13-21/h4-7,12-16,18-19H,8-11,17H2,1-3H3,(H,34,39). The summed E-state index contributed by atoms with van der Waals surface area (Å²) in [6.45, 7) is 6.04. The number of piperazine rings is 1. The highest BCUT2D eigenvalue weighted by molar-refractivity contribution is 5.99. The lowest BCUT2D eigenvalue weighted by molar-refractivity contribution is -0.114. The van der Waals surface area contributed by atoms with Gasteiger partial charge in [0, 0.05) is 99.8 Å². The molecule has 1 fully saturated rings. The number of rotatable bonds is 7. The van der Waals surface area contributed by atoms with Crippen LogP contribution in [0.2, 0.25) is 0 Å². The number of methoxy groups -OCH3 is 1. The van der Waals surface area contributed by atoms with Crippen molar-refractivity contribution in [2.45, 2.75) is 13.5 Å². The molecule has 5 aromatic heterocycles. The van der Waals surface area contributed by atoms with Crippen LogP contribution in [-0.4, -0.2) is 73.5 Å². The molecule has 11 nitrogen and oxygen atoms in total. The first-order valence-corrected chi connectivity index (χ1v) is 13.2. The normalized spacial score (nSPS) is 14.0. The van der Waals surface area contributed by atoms with Crippen molar-refractivity contribution >= 4 is 22.9 Å². The number of carbonyl (C=O) groups excluding carboxylic acids is 1. The van der Waals surface area contributed by atoms with E-state index in [1.165, 1.54) is 12.5 Å². The summed E-state index contributed by atoms with van der Waals surface area (Å²) in [5.74, 6) is 1.43. The molecule has 1 amide bonds. The van der Waals surface area contributed by atoms with Gasteiger partial charge in [-0.2, -0.15) is 10.2 Å². The Labute approximate surface area is 232 Å². The van der Waals surface area contributed by atoms with Crippen LogP contribution in [-0.2, 0) is 18.4 Å². The molecule has 0 aliphatic carbocycles. The van der Waals surface area contributed by atoms with Gasteiger partial charge in [-0.1, -0.05) is 6.07 Å². The molecule has 1 aliphatic rings. The second-order valence-electron chi connectivity index (χ2n) is 9.95. The summed E-state index contributed by atoms with van der Waals surface area (Å²) < 4.78 is 8.73. The van der Waals surface area contributed by atoms with Crippen LogP contribution >= 0.6 is 0 Å². The Morgan fingerprint density at radius 2 is 1.77 bits per heavy atom. The van der Waals surface area contributed by atoms with Gasteiger partial charge in [-0.05, 0) is 23.8 Å². The summed E-state index contributed by atoms with van der Waals surface area (Å²) in [6, 6.07) is 10.2. The monoisotopic (exact) mass is 537 g/mol. The minimum absolute atomic E-state index is 0.145. The number of amides is 1. The van der Waals surface area contributed by atoms with Gasteiger partial charge in [0.05, 0.1) is 30.7 Å². The third-order valence-corrected chi connectivity index (χ3v) is 7.13. The third kappa shape index (κ3) is 5.23. The van der Waals surface area contributed by atoms with Gasteiger partial charge in [-0.25, -0.2) is 14.5 Å². The molecular weight excluding hydrogens is 506 g/mol. The number of fused-ring (bicyclic) bond motifs is 1. The minimum atomic E-state index is -0.145. The Morgan fingerprint density at radius 1 is 0.925 bits per heavy atom. The van der Waals surface area contributed by atoms with Crippen LogP contribution in [0.3, 0.4) is 0 Å². The lowest BCUT2D eigenvalue weighted by atomic mass is 10.0.